The molecule has 0 amide bonds. The molecule has 8 saturated heterocycles. The van der Waals surface area contributed by atoms with E-state index in [1.165, 1.54) is 0 Å². The number of hydrogen-bond acceptors (Lipinski definition) is 33. The fourth-order valence-corrected chi connectivity index (χ4v) is 18.5. The third-order valence-electron chi connectivity index (χ3n) is 24.1. The largest absolute Gasteiger partial charge is 0.394 e. The van der Waals surface area contributed by atoms with Gasteiger partial charge in [-0.1, -0.05) is 27.7 Å². The predicted molar refractivity (Wildman–Crippen MR) is 308 cm³/mol. The van der Waals surface area contributed by atoms with Gasteiger partial charge in [0.25, 0.3) is 0 Å². The van der Waals surface area contributed by atoms with Gasteiger partial charge in [-0.25, -0.2) is 0 Å². The summed E-state index contributed by atoms with van der Waals surface area (Å²) in [4.78, 5) is 14.8. The summed E-state index contributed by atoms with van der Waals surface area (Å²) in [5.74, 6) is 0.903. The number of ketones is 1. The quantitative estimate of drug-likeness (QED) is 0.0602. The Balaban J connectivity index is 0.765. The maximum absolute atomic E-state index is 14.8. The Morgan fingerprint density at radius 3 is 1.56 bits per heavy atom. The van der Waals surface area contributed by atoms with E-state index in [0.717, 1.165) is 32.1 Å². The molecule has 33 heteroatoms. The highest BCUT2D eigenvalue weighted by atomic mass is 16.8. The molecule has 0 aromatic heterocycles. The van der Waals surface area contributed by atoms with E-state index in [0.29, 0.717) is 44.1 Å². The molecule has 12 fully saturated rings. The lowest BCUT2D eigenvalue weighted by Crippen LogP contribution is -2.69. The van der Waals surface area contributed by atoms with Crippen LogP contribution >= 0.6 is 0 Å². The van der Waals surface area contributed by atoms with E-state index in [-0.39, 0.29) is 46.9 Å². The Morgan fingerprint density at radius 2 is 0.958 bits per heavy atom. The fourth-order valence-electron chi connectivity index (χ4n) is 18.5. The van der Waals surface area contributed by atoms with Crippen LogP contribution in [0.3, 0.4) is 0 Å². The van der Waals surface area contributed by atoms with Crippen LogP contribution in [0.2, 0.25) is 0 Å². The molecule has 8 aliphatic heterocycles. The number of carbonyl (C=O) groups excluding carboxylic acids is 1. The van der Waals surface area contributed by atoms with Gasteiger partial charge in [0.1, 0.15) is 146 Å². The summed E-state index contributed by atoms with van der Waals surface area (Å²) in [7, 11) is 0. The van der Waals surface area contributed by atoms with Crippen LogP contribution in [0.25, 0.3) is 0 Å². The average molecular weight is 1370 g/mol. The zero-order chi connectivity index (χ0) is 68.2. The first-order valence-electron chi connectivity index (χ1n) is 33.7. The normalized spacial score (nSPS) is 56.5. The molecule has 0 aromatic rings. The van der Waals surface area contributed by atoms with Gasteiger partial charge in [0.15, 0.2) is 43.5 Å². The molecule has 4 aliphatic carbocycles. The molecule has 4 saturated carbocycles. The summed E-state index contributed by atoms with van der Waals surface area (Å²) in [6.07, 6.45) is -50.0. The second-order valence-electron chi connectivity index (χ2n) is 29.4. The van der Waals surface area contributed by atoms with E-state index < -0.39 is 235 Å². The van der Waals surface area contributed by atoms with E-state index in [1.54, 1.807) is 0 Å². The summed E-state index contributed by atoms with van der Waals surface area (Å²) in [5.41, 5.74) is -0.765. The molecule has 1 spiro atoms. The lowest BCUT2D eigenvalue weighted by Gasteiger charge is -2.60. The van der Waals surface area contributed by atoms with Crippen molar-refractivity contribution in [3.8, 4) is 0 Å². The van der Waals surface area contributed by atoms with Crippen molar-refractivity contribution >= 4 is 5.78 Å². The average Bonchev–Trinajstić information content (AvgIpc) is 1.54. The number of hydrogen-bond donors (Lipinski definition) is 18. The number of fused-ring (bicyclic) bond motifs is 7. The molecular formula is C62H100O33. The Kier molecular flexibility index (Phi) is 22.3. The predicted octanol–water partition coefficient (Wildman–Crippen LogP) is -7.44. The second kappa shape index (κ2) is 28.9. The molecule has 95 heavy (non-hydrogen) atoms. The molecule has 546 valence electrons. The molecule has 41 unspecified atom stereocenters. The lowest BCUT2D eigenvalue weighted by atomic mass is 9.44. The van der Waals surface area contributed by atoms with Gasteiger partial charge in [-0.05, 0) is 80.0 Å². The molecule has 18 N–H and O–H groups in total. The standard InChI is InChI=1S/C62H100O33/c1-21-7-10-62(83-19-21)22(2)36-29(95-62)12-27-25-6-5-23-11-24(8-9-60(23,3)26(25)13-35(69)61(27,36)4)84-55-46(79)43(76)50(34(18-67)89-55)91-59-53(94-58-48(81)51(39(72)32(16-65)87-58)92-57-45(78)42(75)38(71)31(15-64)86-57)52(40(73)33(17-66)88-59)93-54-47(80)49(28(68)20-82-54)90-56-44(77)41(74)37(70)30(14-63)85-56/h21-34,36-59,63-68,70-81H,5-20H2,1-4H3. The first-order chi connectivity index (χ1) is 45.2. The van der Waals surface area contributed by atoms with Crippen LogP contribution in [0.5, 0.6) is 0 Å². The van der Waals surface area contributed by atoms with Crippen molar-refractivity contribution in [2.45, 2.75) is 282 Å². The van der Waals surface area contributed by atoms with Gasteiger partial charge in [-0.3, -0.25) is 4.79 Å². The minimum Gasteiger partial charge on any atom is -0.394 e. The van der Waals surface area contributed by atoms with Gasteiger partial charge in [-0.15, -0.1) is 0 Å². The van der Waals surface area contributed by atoms with Crippen LogP contribution in [-0.2, 0) is 71.1 Å². The number of aliphatic hydroxyl groups is 18. The number of carbonyl (C=O) groups is 1. The highest BCUT2D eigenvalue weighted by Crippen LogP contribution is 2.70. The van der Waals surface area contributed by atoms with Crippen LogP contribution in [0.15, 0.2) is 0 Å². The summed E-state index contributed by atoms with van der Waals surface area (Å²) in [5, 5.41) is 198. The van der Waals surface area contributed by atoms with Crippen molar-refractivity contribution < 1.29 is 163 Å². The number of Topliss-reactive ketones (excluding diaryl/α,β-unsaturated/α-hetero) is 1. The van der Waals surface area contributed by atoms with Crippen LogP contribution in [0, 0.1) is 52.3 Å². The number of aliphatic hydroxyl groups excluding tert-OH is 18. The van der Waals surface area contributed by atoms with Gasteiger partial charge < -0.3 is 158 Å². The van der Waals surface area contributed by atoms with Crippen molar-refractivity contribution in [2.75, 3.05) is 46.2 Å². The number of ether oxygens (including phenoxy) is 14. The summed E-state index contributed by atoms with van der Waals surface area (Å²) in [6, 6.07) is 0. The molecular weight excluding hydrogens is 1270 g/mol. The van der Waals surface area contributed by atoms with Crippen LogP contribution < -0.4 is 0 Å². The first-order valence-corrected chi connectivity index (χ1v) is 33.7. The van der Waals surface area contributed by atoms with E-state index in [2.05, 4.69) is 27.7 Å². The number of rotatable bonds is 17. The van der Waals surface area contributed by atoms with E-state index in [4.69, 9.17) is 66.3 Å². The van der Waals surface area contributed by atoms with Crippen molar-refractivity contribution in [3.63, 3.8) is 0 Å². The maximum Gasteiger partial charge on any atom is 0.187 e. The fraction of sp³-hybridized carbons (Fsp3) is 0.984. The molecule has 33 nitrogen and oxygen atoms in total. The highest BCUT2D eigenvalue weighted by molar-refractivity contribution is 5.87. The van der Waals surface area contributed by atoms with Crippen molar-refractivity contribution in [3.05, 3.63) is 0 Å². The second-order valence-corrected chi connectivity index (χ2v) is 29.4. The summed E-state index contributed by atoms with van der Waals surface area (Å²) in [6.45, 7) is 3.97. The van der Waals surface area contributed by atoms with Gasteiger partial charge in [-0.2, -0.15) is 0 Å². The molecule has 8 heterocycles. The van der Waals surface area contributed by atoms with Gasteiger partial charge in [0, 0.05) is 30.1 Å². The first kappa shape index (κ1) is 73.2. The molecule has 0 radical (unpaired) electrons. The smallest absolute Gasteiger partial charge is 0.187 e. The van der Waals surface area contributed by atoms with Gasteiger partial charge in [0.05, 0.1) is 58.5 Å². The zero-order valence-corrected chi connectivity index (χ0v) is 53.4. The van der Waals surface area contributed by atoms with Crippen LogP contribution in [0.1, 0.15) is 85.5 Å². The highest BCUT2D eigenvalue weighted by Gasteiger charge is 2.72. The van der Waals surface area contributed by atoms with E-state index in [1.807, 2.05) is 0 Å². The Morgan fingerprint density at radius 1 is 0.453 bits per heavy atom. The summed E-state index contributed by atoms with van der Waals surface area (Å²) >= 11 is 0. The molecule has 41 atom stereocenters. The summed E-state index contributed by atoms with van der Waals surface area (Å²) < 4.78 is 85.1. The van der Waals surface area contributed by atoms with Gasteiger partial charge in [0.2, 0.25) is 0 Å². The lowest BCUT2D eigenvalue weighted by molar-refractivity contribution is -0.411. The Bertz CT molecular complexity index is 2550. The van der Waals surface area contributed by atoms with Crippen molar-refractivity contribution in [1.82, 2.24) is 0 Å². The Labute approximate surface area is 547 Å². The van der Waals surface area contributed by atoms with Crippen LogP contribution in [0.4, 0.5) is 0 Å². The minimum atomic E-state index is -2.28. The molecule has 0 bridgehead atoms. The topological polar surface area (TPSA) is 510 Å². The Hall–Kier alpha value is -1.61. The molecule has 12 aliphatic rings. The third kappa shape index (κ3) is 13.0. The van der Waals surface area contributed by atoms with Crippen LogP contribution in [-0.4, -0.2) is 340 Å². The molecule has 0 aromatic carbocycles. The minimum absolute atomic E-state index is 0.0614. The molecule has 12 rings (SSSR count). The maximum atomic E-state index is 14.8. The SMILES string of the molecule is CC1CCC2(OC1)OC1CC3C4CCC5CC(OC6OC(CO)C(OC7OC(CO)C(O)C(OC8OCC(O)C(OC9OC(CO)C(O)C(O)C9O)C8O)C7OC7OC(CO)C(O)C(OC8OC(CO)C(O)C(O)C8O)C7O)C(O)C6O)CCC5(C)C4CC(=O)C3(C)C1C2C. The zero-order valence-electron chi connectivity index (χ0n) is 53.4. The van der Waals surface area contributed by atoms with E-state index >= 15 is 0 Å². The van der Waals surface area contributed by atoms with E-state index in [9.17, 15) is 96.7 Å². The monoisotopic (exact) mass is 1370 g/mol. The van der Waals surface area contributed by atoms with Crippen molar-refractivity contribution in [2.24, 2.45) is 52.3 Å². The third-order valence-corrected chi connectivity index (χ3v) is 24.1. The van der Waals surface area contributed by atoms with Gasteiger partial charge >= 0.3 is 0 Å². The van der Waals surface area contributed by atoms with Crippen molar-refractivity contribution in [1.29, 1.82) is 0 Å².